The van der Waals surface area contributed by atoms with Gasteiger partial charge in [-0.25, -0.2) is 0 Å². The van der Waals surface area contributed by atoms with Crippen LogP contribution in [0.2, 0.25) is 13.3 Å². The Labute approximate surface area is 924 Å². The molecule has 0 spiro atoms. The van der Waals surface area contributed by atoms with Crippen molar-refractivity contribution >= 4 is 249 Å². The Morgan fingerprint density at radius 1 is 0.326 bits per heavy atom. The summed E-state index contributed by atoms with van der Waals surface area (Å²) in [6.45, 7) is 23.4. The normalized spacial score (nSPS) is 13.2. The molecule has 2 aliphatic carbocycles. The third kappa shape index (κ3) is 49.3. The van der Waals surface area contributed by atoms with E-state index in [1.54, 1.807) is 55.1 Å². The molecular weight excluding hydrogens is 2300 g/mol. The SMILES string of the molecule is Brc1ccc(Br)c2nsnc12.C.C/C=C/c1ccc(/C=C/c2cc3c(s2)-c2sc(C)cc2C3(CCCCCCCCCCCCCCCC)CCCCCCCCCCCCCCCC)c2nsnc12.C/C=[CH]/[Sn]([CH2]CCC)([CH2]CCC)[CH2]CCC.CCCCCCCCCCCCCCCCC1(CCCCCCCCCCCCCCCC)c2cc(Br)sc2-c2sc(Br)cc21.PPP(P)P(P)P. The van der Waals surface area contributed by atoms with E-state index in [0.29, 0.717) is 0 Å². The van der Waals surface area contributed by atoms with Gasteiger partial charge in [-0.3, -0.25) is 0 Å². The number of halogens is 4. The van der Waals surface area contributed by atoms with Gasteiger partial charge in [0.05, 0.1) is 31.0 Å². The molecule has 0 fully saturated rings. The predicted molar refractivity (Wildman–Crippen MR) is 678 cm³/mol. The molecule has 6 aromatic heterocycles. The van der Waals surface area contributed by atoms with Gasteiger partial charge in [0, 0.05) is 60.2 Å². The Kier molecular flexibility index (Phi) is 77.0. The van der Waals surface area contributed by atoms with E-state index in [0.717, 1.165) is 50.1 Å². The molecule has 4 nitrogen and oxygen atoms in total. The molecule has 6 unspecified atom stereocenters. The van der Waals surface area contributed by atoms with Gasteiger partial charge in [0.2, 0.25) is 0 Å². The Morgan fingerprint density at radius 2 is 0.594 bits per heavy atom. The molecule has 2 aliphatic rings. The summed E-state index contributed by atoms with van der Waals surface area (Å²) >= 11 is 23.2. The average Bonchev–Trinajstić information content (AvgIpc) is 1.56. The van der Waals surface area contributed by atoms with Crippen LogP contribution in [0.5, 0.6) is 0 Å². The van der Waals surface area contributed by atoms with Crippen LogP contribution >= 0.6 is 190 Å². The van der Waals surface area contributed by atoms with E-state index in [2.05, 4.69) is 253 Å². The smallest absolute Gasteiger partial charge is 0.0708 e. The first-order valence-electron chi connectivity index (χ1n) is 55.9. The third-order valence-electron chi connectivity index (χ3n) is 28.9. The van der Waals surface area contributed by atoms with Crippen molar-refractivity contribution in [2.75, 3.05) is 0 Å². The van der Waals surface area contributed by atoms with Crippen LogP contribution in [0.25, 0.3) is 59.8 Å². The van der Waals surface area contributed by atoms with Gasteiger partial charge in [0.1, 0.15) is 22.1 Å². The Balaban J connectivity index is 0.000000365. The fourth-order valence-electron chi connectivity index (χ4n) is 20.9. The number of allylic oxidation sites excluding steroid dienone is 2. The molecule has 8 aromatic rings. The summed E-state index contributed by atoms with van der Waals surface area (Å²) in [6.07, 6.45) is 105. The largest absolute Gasteiger partial charge is 0.127 e. The van der Waals surface area contributed by atoms with E-state index in [-0.39, 0.29) is 32.2 Å². The van der Waals surface area contributed by atoms with Crippen molar-refractivity contribution in [3.05, 3.63) is 124 Å². The number of benzene rings is 2. The van der Waals surface area contributed by atoms with Crippen LogP contribution in [0.15, 0.2) is 81.3 Å². The second-order valence-electron chi connectivity index (χ2n) is 40.2. The van der Waals surface area contributed by atoms with E-state index in [4.69, 9.17) is 4.37 Å². The van der Waals surface area contributed by atoms with Crippen LogP contribution in [0, 0.1) is 6.92 Å². The summed E-state index contributed by atoms with van der Waals surface area (Å²) in [5.41, 5.74) is 13.2. The summed E-state index contributed by atoms with van der Waals surface area (Å²) < 4.78 is 29.8. The van der Waals surface area contributed by atoms with Crippen LogP contribution < -0.4 is 0 Å². The van der Waals surface area contributed by atoms with Crippen molar-refractivity contribution in [2.24, 2.45) is 0 Å². The minimum atomic E-state index is -1.84. The molecule has 782 valence electrons. The Morgan fingerprint density at radius 3 is 0.877 bits per heavy atom. The number of aromatic nitrogens is 4. The molecule has 6 heterocycles. The molecule has 0 aliphatic heterocycles. The molecule has 0 amide bonds. The zero-order chi connectivity index (χ0) is 98.7. The number of unbranched alkanes of at least 4 members (excludes halogenated alkanes) is 55. The summed E-state index contributed by atoms with van der Waals surface area (Å²) in [6, 6.07) is 18.5. The number of fused-ring (bicyclic) bond motifs is 8. The summed E-state index contributed by atoms with van der Waals surface area (Å²) in [5.74, 6) is 0. The molecule has 0 saturated carbocycles. The number of aryl methyl sites for hydroxylation is 1. The van der Waals surface area contributed by atoms with Gasteiger partial charge >= 0.3 is 108 Å². The topological polar surface area (TPSA) is 51.6 Å². The molecule has 138 heavy (non-hydrogen) atoms. The first-order chi connectivity index (χ1) is 66.9. The summed E-state index contributed by atoms with van der Waals surface area (Å²) in [7, 11) is 12.4. The van der Waals surface area contributed by atoms with Crippen LogP contribution in [-0.4, -0.2) is 35.9 Å². The molecule has 0 saturated heterocycles. The maximum absolute atomic E-state index is 4.71. The first kappa shape index (κ1) is 130. The molecule has 0 radical (unpaired) electrons. The van der Waals surface area contributed by atoms with Gasteiger partial charge in [-0.15, -0.1) is 81.1 Å². The fourth-order valence-corrected chi connectivity index (χ4v) is 59.9. The molecule has 10 rings (SSSR count). The van der Waals surface area contributed by atoms with E-state index in [1.807, 2.05) is 57.5 Å². The maximum Gasteiger partial charge on any atom is 0.0708 e. The standard InChI is InChI=1S/C53H80N2S3.C41H68Br2S2.C6H2Br2N2S.3C4H9.C3H5.CH4.H9P7.Sn/c1-5-8-10-12-14-16-18-20-22-24-26-28-30-32-39-53(40-33-31-29-27-25-23-21-19-17-15-13-11-9-6-2)47-41-43(4)56-51(47)52-48(53)42-46(57-52)38-37-45-36-35-44(34-7-3)49-50(45)55-58-54-49;1-3-5-7-9-11-13-15-17-19-21-23-25-27-29-31-41(35-33-37(42)44-39(35)40-36(41)34-38(43)45-40)32-30-28-26-24-22-20-18-16-14-12-10-8-6-4-2;7-3-1-2-4(8)6-5(3)9-11-10-6;3*1-3-4-2;1-3-2;;1-5-7(4)6(2)3;/h7,34-38,41-42H,5-6,8-33,39-40H2,1-4H3;33-34H,3-32H2,1-2H3;1-2H;3*1,3-4H2,2H3;1,3H,2H3;1H4;5H,1-4H2;/b34-7+,38-37+;;;;;;;;;. The quantitative estimate of drug-likeness (QED) is 0.0217. The number of nitrogens with zero attached hydrogens (tertiary/aromatic N) is 4. The van der Waals surface area contributed by atoms with Crippen LogP contribution in [0.1, 0.15) is 537 Å². The average molecular weight is 2490 g/mol. The second-order valence-corrected chi connectivity index (χ2v) is 85.4. The van der Waals surface area contributed by atoms with E-state index < -0.39 is 18.4 Å². The number of hydrogen-bond donors (Lipinski definition) is 0. The number of thiophene rings is 4. The van der Waals surface area contributed by atoms with Crippen LogP contribution in [0.4, 0.5) is 0 Å². The summed E-state index contributed by atoms with van der Waals surface area (Å²) in [5, 5.41) is 0. The van der Waals surface area contributed by atoms with Crippen molar-refractivity contribution in [1.29, 1.82) is 0 Å². The molecular formula is C116H195Br4N4P7S6Sn. The van der Waals surface area contributed by atoms with Crippen molar-refractivity contribution in [3.63, 3.8) is 0 Å². The zero-order valence-electron chi connectivity index (χ0n) is 87.8. The van der Waals surface area contributed by atoms with Crippen molar-refractivity contribution in [3.8, 4) is 19.5 Å². The first-order valence-corrected chi connectivity index (χ1v) is 83.4. The van der Waals surface area contributed by atoms with E-state index in [1.165, 1.54) is 465 Å². The van der Waals surface area contributed by atoms with Gasteiger partial charge in [-0.05, 0) is 182 Å². The Bertz CT molecular complexity index is 4280. The predicted octanol–water partition coefficient (Wildman–Crippen LogP) is 50.1. The Hall–Kier alpha value is 1.83. The van der Waals surface area contributed by atoms with Gasteiger partial charge < -0.3 is 0 Å². The third-order valence-corrected chi connectivity index (χ3v) is 82.0. The second kappa shape index (κ2) is 81.6. The number of hydrogen-bond acceptors (Lipinski definition) is 10. The van der Waals surface area contributed by atoms with E-state index in [9.17, 15) is 0 Å². The van der Waals surface area contributed by atoms with Crippen molar-refractivity contribution in [1.82, 2.24) is 17.5 Å². The van der Waals surface area contributed by atoms with Gasteiger partial charge in [-0.2, -0.15) is 17.5 Å². The number of rotatable bonds is 75. The fraction of sp³-hybridized carbons (Fsp3) is 0.707. The van der Waals surface area contributed by atoms with Gasteiger partial charge in [0.15, 0.2) is 0 Å². The minimum Gasteiger partial charge on any atom is -0.127 e. The molecule has 22 heteroatoms. The maximum atomic E-state index is 4.71. The van der Waals surface area contributed by atoms with E-state index >= 15 is 0 Å². The molecule has 2 aromatic carbocycles. The van der Waals surface area contributed by atoms with Crippen molar-refractivity contribution in [2.45, 2.75) is 525 Å². The molecule has 0 N–H and O–H groups in total. The van der Waals surface area contributed by atoms with Gasteiger partial charge in [0.25, 0.3) is 0 Å². The van der Waals surface area contributed by atoms with Crippen molar-refractivity contribution < 1.29 is 0 Å². The minimum absolute atomic E-state index is 0. The summed E-state index contributed by atoms with van der Waals surface area (Å²) in [4.78, 5) is 9.11. The monoisotopic (exact) mass is 2490 g/mol. The van der Waals surface area contributed by atoms with Crippen LogP contribution in [0.3, 0.4) is 0 Å². The van der Waals surface area contributed by atoms with Gasteiger partial charge in [-0.1, -0.05) is 433 Å². The molecule has 6 atom stereocenters. The zero-order valence-corrected chi connectivity index (χ0v) is 109. The van der Waals surface area contributed by atoms with Crippen LogP contribution in [-0.2, 0) is 10.8 Å². The molecule has 0 bridgehead atoms.